The normalized spacial score (nSPS) is 12.2. The van der Waals surface area contributed by atoms with Crippen LogP contribution < -0.4 is 0 Å². The van der Waals surface area contributed by atoms with E-state index in [0.717, 1.165) is 51.3 Å². The van der Waals surface area contributed by atoms with Crippen molar-refractivity contribution in [3.05, 3.63) is 163 Å². The summed E-state index contributed by atoms with van der Waals surface area (Å²) in [6.07, 6.45) is 2.84. The van der Waals surface area contributed by atoms with E-state index in [9.17, 15) is 0 Å². The van der Waals surface area contributed by atoms with Crippen LogP contribution in [-0.2, 0) is 13.5 Å². The summed E-state index contributed by atoms with van der Waals surface area (Å²) in [6.45, 7) is 0. The number of para-hydroxylation sites is 2. The van der Waals surface area contributed by atoms with E-state index >= 15 is 0 Å². The Morgan fingerprint density at radius 1 is 0.521 bits per heavy atom. The van der Waals surface area contributed by atoms with Gasteiger partial charge in [0.2, 0.25) is 0 Å². The van der Waals surface area contributed by atoms with Gasteiger partial charge in [-0.25, -0.2) is 4.98 Å². The number of hydrogen-bond donors (Lipinski definition) is 0. The van der Waals surface area contributed by atoms with Crippen molar-refractivity contribution in [3.8, 4) is 50.6 Å². The van der Waals surface area contributed by atoms with Crippen LogP contribution in [0.3, 0.4) is 0 Å². The van der Waals surface area contributed by atoms with E-state index < -0.39 is 0 Å². The van der Waals surface area contributed by atoms with Gasteiger partial charge < -0.3 is 9.13 Å². The van der Waals surface area contributed by atoms with Gasteiger partial charge in [0.1, 0.15) is 5.82 Å². The summed E-state index contributed by atoms with van der Waals surface area (Å²) in [6, 6.07) is 52.6. The maximum absolute atomic E-state index is 5.04. The molecule has 226 valence electrons. The maximum atomic E-state index is 5.04. The largest absolute Gasteiger partial charge is 0.327 e. The third kappa shape index (κ3) is 4.09. The van der Waals surface area contributed by atoms with E-state index in [1.807, 2.05) is 24.4 Å². The molecule has 1 aliphatic carbocycles. The molecular formula is C44H30N4. The summed E-state index contributed by atoms with van der Waals surface area (Å²) < 4.78 is 4.59. The second-order valence-corrected chi connectivity index (χ2v) is 12.8. The fraction of sp³-hybridized carbons (Fsp3) is 0.0455. The molecule has 10 rings (SSSR count). The zero-order valence-corrected chi connectivity index (χ0v) is 26.4. The first-order chi connectivity index (χ1) is 23.7. The van der Waals surface area contributed by atoms with Crippen molar-refractivity contribution >= 4 is 32.8 Å². The van der Waals surface area contributed by atoms with Crippen LogP contribution in [0, 0.1) is 0 Å². The Balaban J connectivity index is 1.18. The molecule has 4 nitrogen and oxygen atoms in total. The molecule has 6 aromatic carbocycles. The number of fused-ring (bicyclic) bond motifs is 7. The predicted octanol–water partition coefficient (Wildman–Crippen LogP) is 10.6. The third-order valence-electron chi connectivity index (χ3n) is 10.0. The number of aryl methyl sites for hydroxylation is 1. The van der Waals surface area contributed by atoms with Gasteiger partial charge in [0.15, 0.2) is 0 Å². The lowest BCUT2D eigenvalue weighted by molar-refractivity contribution is 0.959. The zero-order valence-electron chi connectivity index (χ0n) is 26.4. The van der Waals surface area contributed by atoms with Gasteiger partial charge in [-0.2, -0.15) is 0 Å². The monoisotopic (exact) mass is 614 g/mol. The van der Waals surface area contributed by atoms with Crippen molar-refractivity contribution in [3.63, 3.8) is 0 Å². The molecular weight excluding hydrogens is 585 g/mol. The number of rotatable bonds is 4. The second kappa shape index (κ2) is 10.4. The summed E-state index contributed by atoms with van der Waals surface area (Å²) in [4.78, 5) is 9.69. The summed E-state index contributed by atoms with van der Waals surface area (Å²) in [5, 5.41) is 2.44. The first kappa shape index (κ1) is 26.9. The van der Waals surface area contributed by atoms with Gasteiger partial charge >= 0.3 is 0 Å². The first-order valence-electron chi connectivity index (χ1n) is 16.4. The molecule has 3 heterocycles. The van der Waals surface area contributed by atoms with Crippen LogP contribution in [0.4, 0.5) is 0 Å². The summed E-state index contributed by atoms with van der Waals surface area (Å²) in [7, 11) is 2.10. The van der Waals surface area contributed by atoms with Crippen molar-refractivity contribution in [2.75, 3.05) is 0 Å². The van der Waals surface area contributed by atoms with E-state index in [-0.39, 0.29) is 0 Å². The Labute approximate surface area is 278 Å². The van der Waals surface area contributed by atoms with Crippen LogP contribution in [0.5, 0.6) is 0 Å². The average Bonchev–Trinajstić information content (AvgIpc) is 3.80. The number of benzene rings is 6. The van der Waals surface area contributed by atoms with Crippen molar-refractivity contribution < 1.29 is 0 Å². The standard InChI is InChI=1S/C44H30N4/c1-47-42-15-5-4-14-40(42)46-44(47)32-17-20-37-38-26-29(28-16-19-36-33(23-28)24-30-9-2-3-12-35(30)36)18-21-41(38)48(43(37)27-32)34-11-8-10-31(25-34)39-13-6-7-22-45-39/h2-23,25-27H,24H2,1H3. The predicted molar refractivity (Wildman–Crippen MR) is 197 cm³/mol. The molecule has 0 spiro atoms. The van der Waals surface area contributed by atoms with E-state index in [1.54, 1.807) is 0 Å². The summed E-state index contributed by atoms with van der Waals surface area (Å²) >= 11 is 0. The topological polar surface area (TPSA) is 35.6 Å². The SMILES string of the molecule is Cn1c(-c2ccc3c4cc(-c5ccc6c(c5)Cc5ccccc5-6)ccc4n(-c4cccc(-c5ccccn5)c4)c3c2)nc2ccccc21. The van der Waals surface area contributed by atoms with E-state index in [2.05, 4.69) is 149 Å². The average molecular weight is 615 g/mol. The van der Waals surface area contributed by atoms with Gasteiger partial charge in [-0.3, -0.25) is 4.98 Å². The number of hydrogen-bond acceptors (Lipinski definition) is 2. The molecule has 0 atom stereocenters. The Morgan fingerprint density at radius 3 is 2.25 bits per heavy atom. The molecule has 0 saturated carbocycles. The van der Waals surface area contributed by atoms with Crippen molar-refractivity contribution in [2.24, 2.45) is 7.05 Å². The van der Waals surface area contributed by atoms with Crippen LogP contribution in [0.15, 0.2) is 152 Å². The molecule has 4 heteroatoms. The molecule has 0 radical (unpaired) electrons. The van der Waals surface area contributed by atoms with Gasteiger partial charge in [0.05, 0.1) is 27.8 Å². The van der Waals surface area contributed by atoms with Crippen molar-refractivity contribution in [2.45, 2.75) is 6.42 Å². The Kier molecular flexibility index (Phi) is 5.82. The minimum absolute atomic E-state index is 0.956. The highest BCUT2D eigenvalue weighted by atomic mass is 15.1. The molecule has 0 amide bonds. The first-order valence-corrected chi connectivity index (χ1v) is 16.4. The summed E-state index contributed by atoms with van der Waals surface area (Å²) in [5.74, 6) is 0.956. The van der Waals surface area contributed by atoms with E-state index in [4.69, 9.17) is 4.98 Å². The van der Waals surface area contributed by atoms with Gasteiger partial charge in [-0.1, -0.05) is 91.0 Å². The Bertz CT molecular complexity index is 2710. The molecule has 0 saturated heterocycles. The van der Waals surface area contributed by atoms with Crippen LogP contribution in [0.1, 0.15) is 11.1 Å². The second-order valence-electron chi connectivity index (χ2n) is 12.8. The molecule has 3 aromatic heterocycles. The number of aromatic nitrogens is 4. The van der Waals surface area contributed by atoms with Crippen LogP contribution in [0.25, 0.3) is 83.4 Å². The summed E-state index contributed by atoms with van der Waals surface area (Å²) in [5.41, 5.74) is 16.7. The van der Waals surface area contributed by atoms with Gasteiger partial charge in [0, 0.05) is 40.8 Å². The molecule has 0 N–H and O–H groups in total. The smallest absolute Gasteiger partial charge is 0.140 e. The highest BCUT2D eigenvalue weighted by Gasteiger charge is 2.20. The highest BCUT2D eigenvalue weighted by molar-refractivity contribution is 6.11. The number of nitrogens with zero attached hydrogens (tertiary/aromatic N) is 4. The lowest BCUT2D eigenvalue weighted by Crippen LogP contribution is -1.96. The maximum Gasteiger partial charge on any atom is 0.140 e. The molecule has 0 aliphatic heterocycles. The number of imidazole rings is 1. The van der Waals surface area contributed by atoms with Crippen LogP contribution in [0.2, 0.25) is 0 Å². The fourth-order valence-electron chi connectivity index (χ4n) is 7.68. The van der Waals surface area contributed by atoms with E-state index in [0.29, 0.717) is 0 Å². The Hall–Kier alpha value is -6.26. The quantitative estimate of drug-likeness (QED) is 0.198. The number of pyridine rings is 1. The minimum atomic E-state index is 0.956. The fourth-order valence-corrected chi connectivity index (χ4v) is 7.68. The van der Waals surface area contributed by atoms with E-state index in [1.165, 1.54) is 49.7 Å². The van der Waals surface area contributed by atoms with Gasteiger partial charge in [-0.05, 0) is 94.4 Å². The van der Waals surface area contributed by atoms with Gasteiger partial charge in [-0.15, -0.1) is 0 Å². The molecule has 0 fully saturated rings. The highest BCUT2D eigenvalue weighted by Crippen LogP contribution is 2.41. The molecule has 1 aliphatic rings. The molecule has 48 heavy (non-hydrogen) atoms. The lowest BCUT2D eigenvalue weighted by Gasteiger charge is -2.11. The van der Waals surface area contributed by atoms with Crippen molar-refractivity contribution in [1.29, 1.82) is 0 Å². The zero-order chi connectivity index (χ0) is 31.8. The van der Waals surface area contributed by atoms with Gasteiger partial charge in [0.25, 0.3) is 0 Å². The Morgan fingerprint density at radius 2 is 1.33 bits per heavy atom. The molecule has 0 unspecified atom stereocenters. The van der Waals surface area contributed by atoms with Crippen LogP contribution >= 0.6 is 0 Å². The van der Waals surface area contributed by atoms with Crippen LogP contribution in [-0.4, -0.2) is 19.1 Å². The molecule has 9 aromatic rings. The molecule has 0 bridgehead atoms. The third-order valence-corrected chi connectivity index (χ3v) is 10.0. The minimum Gasteiger partial charge on any atom is -0.327 e. The van der Waals surface area contributed by atoms with Crippen molar-refractivity contribution in [1.82, 2.24) is 19.1 Å². The lowest BCUT2D eigenvalue weighted by atomic mass is 9.98.